The van der Waals surface area contributed by atoms with Gasteiger partial charge in [-0.05, 0) is 35.0 Å². The van der Waals surface area contributed by atoms with Crippen molar-refractivity contribution in [3.8, 4) is 0 Å². The second kappa shape index (κ2) is 7.38. The minimum absolute atomic E-state index is 0.00299. The molecule has 0 fully saturated rings. The molecule has 0 bridgehead atoms. The van der Waals surface area contributed by atoms with Crippen LogP contribution in [-0.2, 0) is 4.74 Å². The number of carbonyl (C=O) groups excluding carboxylic acids is 1. The zero-order chi connectivity index (χ0) is 15.2. The first-order valence-electron chi connectivity index (χ1n) is 6.74. The number of hydrogen-bond donors (Lipinski definition) is 0. The molecular formula is C17H18BrNO2. The van der Waals surface area contributed by atoms with Crippen molar-refractivity contribution in [1.29, 1.82) is 0 Å². The highest BCUT2D eigenvalue weighted by Crippen LogP contribution is 2.21. The first-order chi connectivity index (χ1) is 10.2. The summed E-state index contributed by atoms with van der Waals surface area (Å²) >= 11 is 3.45. The lowest BCUT2D eigenvalue weighted by molar-refractivity contribution is 0.0718. The number of benzene rings is 2. The molecule has 0 saturated carbocycles. The van der Waals surface area contributed by atoms with Crippen molar-refractivity contribution in [2.45, 2.75) is 0 Å². The topological polar surface area (TPSA) is 29.5 Å². The van der Waals surface area contributed by atoms with Gasteiger partial charge in [0.1, 0.15) is 0 Å². The van der Waals surface area contributed by atoms with Crippen LogP contribution in [0.2, 0.25) is 0 Å². The van der Waals surface area contributed by atoms with Gasteiger partial charge >= 0.3 is 0 Å². The molecule has 0 unspecified atom stereocenters. The van der Waals surface area contributed by atoms with Crippen LogP contribution >= 0.6 is 15.9 Å². The molecule has 0 aliphatic carbocycles. The number of rotatable bonds is 6. The molecule has 0 aliphatic heterocycles. The van der Waals surface area contributed by atoms with Gasteiger partial charge in [0, 0.05) is 30.2 Å². The third-order valence-electron chi connectivity index (χ3n) is 3.25. The maximum absolute atomic E-state index is 12.6. The van der Waals surface area contributed by atoms with Crippen molar-refractivity contribution in [3.63, 3.8) is 0 Å². The monoisotopic (exact) mass is 347 g/mol. The predicted molar refractivity (Wildman–Crippen MR) is 89.6 cm³/mol. The van der Waals surface area contributed by atoms with E-state index in [2.05, 4.69) is 22.5 Å². The average molecular weight is 348 g/mol. The van der Waals surface area contributed by atoms with Gasteiger partial charge < -0.3 is 9.64 Å². The zero-order valence-corrected chi connectivity index (χ0v) is 13.6. The van der Waals surface area contributed by atoms with Crippen LogP contribution in [-0.4, -0.2) is 37.6 Å². The Labute approximate surface area is 133 Å². The van der Waals surface area contributed by atoms with Gasteiger partial charge in [-0.15, -0.1) is 6.58 Å². The van der Waals surface area contributed by atoms with Crippen LogP contribution in [0.5, 0.6) is 0 Å². The van der Waals surface area contributed by atoms with Crippen molar-refractivity contribution in [2.24, 2.45) is 0 Å². The standard InChI is InChI=1S/C17H18BrNO2/c1-3-8-19(9-10-21-2)17(20)15-5-4-14-12-16(18)7-6-13(14)11-15/h3-7,11-12H,1,8-10H2,2H3. The third kappa shape index (κ3) is 3.93. The molecule has 0 aromatic heterocycles. The molecule has 0 radical (unpaired) electrons. The summed E-state index contributed by atoms with van der Waals surface area (Å²) in [5.41, 5.74) is 0.683. The number of hydrogen-bond acceptors (Lipinski definition) is 2. The van der Waals surface area contributed by atoms with Crippen LogP contribution in [0.4, 0.5) is 0 Å². The second-order valence-electron chi connectivity index (χ2n) is 4.74. The quantitative estimate of drug-likeness (QED) is 0.742. The van der Waals surface area contributed by atoms with Crippen LogP contribution in [0.15, 0.2) is 53.5 Å². The molecule has 21 heavy (non-hydrogen) atoms. The summed E-state index contributed by atoms with van der Waals surface area (Å²) in [5, 5.41) is 2.16. The molecule has 0 atom stereocenters. The molecular weight excluding hydrogens is 330 g/mol. The average Bonchev–Trinajstić information content (AvgIpc) is 2.50. The predicted octanol–water partition coefficient (Wildman–Crippen LogP) is 3.88. The first-order valence-corrected chi connectivity index (χ1v) is 7.53. The maximum atomic E-state index is 12.6. The van der Waals surface area contributed by atoms with Crippen molar-refractivity contribution < 1.29 is 9.53 Å². The summed E-state index contributed by atoms with van der Waals surface area (Å²) in [6, 6.07) is 11.8. The summed E-state index contributed by atoms with van der Waals surface area (Å²) in [7, 11) is 1.63. The van der Waals surface area contributed by atoms with E-state index in [1.54, 1.807) is 18.1 Å². The second-order valence-corrected chi connectivity index (χ2v) is 5.65. The SMILES string of the molecule is C=CCN(CCOC)C(=O)c1ccc2cc(Br)ccc2c1. The van der Waals surface area contributed by atoms with E-state index in [1.165, 1.54) is 0 Å². The summed E-state index contributed by atoms with van der Waals surface area (Å²) in [6.45, 7) is 5.29. The highest BCUT2D eigenvalue weighted by Gasteiger charge is 2.14. The number of carbonyl (C=O) groups is 1. The van der Waals surface area contributed by atoms with Gasteiger partial charge in [0.2, 0.25) is 0 Å². The largest absolute Gasteiger partial charge is 0.383 e. The van der Waals surface area contributed by atoms with Crippen molar-refractivity contribution in [3.05, 3.63) is 59.1 Å². The fourth-order valence-electron chi connectivity index (χ4n) is 2.17. The first kappa shape index (κ1) is 15.7. The van der Waals surface area contributed by atoms with Gasteiger partial charge in [-0.1, -0.05) is 34.1 Å². The maximum Gasteiger partial charge on any atom is 0.254 e. The van der Waals surface area contributed by atoms with Crippen molar-refractivity contribution in [1.82, 2.24) is 4.90 Å². The Kier molecular flexibility index (Phi) is 5.53. The number of fused-ring (bicyclic) bond motifs is 1. The number of halogens is 1. The summed E-state index contributed by atoms with van der Waals surface area (Å²) in [6.07, 6.45) is 1.73. The van der Waals surface area contributed by atoms with Crippen LogP contribution in [0, 0.1) is 0 Å². The van der Waals surface area contributed by atoms with Gasteiger partial charge in [-0.2, -0.15) is 0 Å². The lowest BCUT2D eigenvalue weighted by Crippen LogP contribution is -2.34. The molecule has 2 aromatic rings. The van der Waals surface area contributed by atoms with E-state index in [0.717, 1.165) is 15.2 Å². The highest BCUT2D eigenvalue weighted by atomic mass is 79.9. The Morgan fingerprint density at radius 2 is 2.00 bits per heavy atom. The molecule has 0 saturated heterocycles. The van der Waals surface area contributed by atoms with Crippen LogP contribution in [0.3, 0.4) is 0 Å². The number of methoxy groups -OCH3 is 1. The van der Waals surface area contributed by atoms with Gasteiger partial charge in [-0.3, -0.25) is 4.79 Å². The Morgan fingerprint density at radius 1 is 1.29 bits per heavy atom. The molecule has 2 aromatic carbocycles. The minimum Gasteiger partial charge on any atom is -0.383 e. The van der Waals surface area contributed by atoms with E-state index < -0.39 is 0 Å². The van der Waals surface area contributed by atoms with E-state index in [9.17, 15) is 4.79 Å². The smallest absolute Gasteiger partial charge is 0.254 e. The van der Waals surface area contributed by atoms with Crippen molar-refractivity contribution >= 4 is 32.6 Å². The van der Waals surface area contributed by atoms with Crippen molar-refractivity contribution in [2.75, 3.05) is 26.8 Å². The molecule has 2 rings (SSSR count). The molecule has 0 spiro atoms. The Balaban J connectivity index is 2.28. The molecule has 0 heterocycles. The third-order valence-corrected chi connectivity index (χ3v) is 3.74. The molecule has 3 nitrogen and oxygen atoms in total. The lowest BCUT2D eigenvalue weighted by Gasteiger charge is -2.21. The summed E-state index contributed by atoms with van der Waals surface area (Å²) in [4.78, 5) is 14.3. The molecule has 4 heteroatoms. The van der Waals surface area contributed by atoms with Crippen LogP contribution in [0.1, 0.15) is 10.4 Å². The zero-order valence-electron chi connectivity index (χ0n) is 12.0. The van der Waals surface area contributed by atoms with Gasteiger partial charge in [-0.25, -0.2) is 0 Å². The molecule has 0 aliphatic rings. The summed E-state index contributed by atoms with van der Waals surface area (Å²) < 4.78 is 6.08. The Hall–Kier alpha value is -1.65. The van der Waals surface area contributed by atoms with E-state index in [4.69, 9.17) is 4.74 Å². The van der Waals surface area contributed by atoms with Gasteiger partial charge in [0.25, 0.3) is 5.91 Å². The highest BCUT2D eigenvalue weighted by molar-refractivity contribution is 9.10. The Morgan fingerprint density at radius 3 is 2.71 bits per heavy atom. The fraction of sp³-hybridized carbons (Fsp3) is 0.235. The van der Waals surface area contributed by atoms with Crippen LogP contribution in [0.25, 0.3) is 10.8 Å². The lowest BCUT2D eigenvalue weighted by atomic mass is 10.1. The number of ether oxygens (including phenoxy) is 1. The fourth-order valence-corrected chi connectivity index (χ4v) is 2.54. The normalized spacial score (nSPS) is 10.6. The van der Waals surface area contributed by atoms with Gasteiger partial charge in [0.05, 0.1) is 6.61 Å². The van der Waals surface area contributed by atoms with E-state index in [0.29, 0.717) is 25.3 Å². The Bertz CT molecular complexity index is 654. The van der Waals surface area contributed by atoms with Gasteiger partial charge in [0.15, 0.2) is 0 Å². The molecule has 1 amide bonds. The molecule has 0 N–H and O–H groups in total. The van der Waals surface area contributed by atoms with E-state index >= 15 is 0 Å². The molecule has 110 valence electrons. The van der Waals surface area contributed by atoms with E-state index in [-0.39, 0.29) is 5.91 Å². The van der Waals surface area contributed by atoms with Crippen LogP contribution < -0.4 is 0 Å². The number of nitrogens with zero attached hydrogens (tertiary/aromatic N) is 1. The summed E-state index contributed by atoms with van der Waals surface area (Å²) in [5.74, 6) is -0.00299. The minimum atomic E-state index is -0.00299. The van der Waals surface area contributed by atoms with E-state index in [1.807, 2.05) is 36.4 Å². The number of amides is 1.